The summed E-state index contributed by atoms with van der Waals surface area (Å²) in [6.07, 6.45) is 5.26. The number of aromatic nitrogens is 3. The third-order valence-corrected chi connectivity index (χ3v) is 1.80. The van der Waals surface area contributed by atoms with E-state index in [-0.39, 0.29) is 0 Å². The van der Waals surface area contributed by atoms with Crippen LogP contribution in [0.15, 0.2) is 23.0 Å². The van der Waals surface area contributed by atoms with Crippen LogP contribution in [-0.4, -0.2) is 15.2 Å². The zero-order chi connectivity index (χ0) is 9.10. The molecule has 1 N–H and O–H groups in total. The number of aromatic amines is 1. The Hall–Kier alpha value is -1.58. The van der Waals surface area contributed by atoms with Crippen molar-refractivity contribution in [1.82, 2.24) is 15.2 Å². The van der Waals surface area contributed by atoms with Gasteiger partial charge in [0.05, 0.1) is 11.8 Å². The summed E-state index contributed by atoms with van der Waals surface area (Å²) in [5.74, 6) is 1.64. The number of rotatable bonds is 3. The summed E-state index contributed by atoms with van der Waals surface area (Å²) in [7, 11) is 0. The summed E-state index contributed by atoms with van der Waals surface area (Å²) in [6, 6.07) is 1.85. The fourth-order valence-electron chi connectivity index (χ4n) is 1.16. The predicted molar refractivity (Wildman–Crippen MR) is 48.1 cm³/mol. The highest BCUT2D eigenvalue weighted by atomic mass is 16.3. The highest BCUT2D eigenvalue weighted by molar-refractivity contribution is 5.51. The SMILES string of the molecule is CCCc1nc(-c2ccoc2)n[nH]1. The van der Waals surface area contributed by atoms with Gasteiger partial charge in [-0.2, -0.15) is 5.10 Å². The second-order valence-corrected chi connectivity index (χ2v) is 2.87. The average molecular weight is 177 g/mol. The lowest BCUT2D eigenvalue weighted by molar-refractivity contribution is 0.568. The largest absolute Gasteiger partial charge is 0.472 e. The van der Waals surface area contributed by atoms with E-state index in [0.29, 0.717) is 5.82 Å². The van der Waals surface area contributed by atoms with Crippen LogP contribution in [0.4, 0.5) is 0 Å². The van der Waals surface area contributed by atoms with Crippen LogP contribution >= 0.6 is 0 Å². The van der Waals surface area contributed by atoms with Gasteiger partial charge in [-0.3, -0.25) is 5.10 Å². The Morgan fingerprint density at radius 2 is 2.46 bits per heavy atom. The molecule has 0 saturated carbocycles. The van der Waals surface area contributed by atoms with Crippen molar-refractivity contribution >= 4 is 0 Å². The van der Waals surface area contributed by atoms with Gasteiger partial charge in [0.2, 0.25) is 0 Å². The lowest BCUT2D eigenvalue weighted by Gasteiger charge is -1.86. The molecule has 0 spiro atoms. The van der Waals surface area contributed by atoms with Gasteiger partial charge in [-0.1, -0.05) is 6.92 Å². The molecule has 2 aromatic rings. The molecule has 2 aromatic heterocycles. The number of hydrogen-bond donors (Lipinski definition) is 1. The van der Waals surface area contributed by atoms with Crippen molar-refractivity contribution < 1.29 is 4.42 Å². The summed E-state index contributed by atoms with van der Waals surface area (Å²) in [5.41, 5.74) is 0.915. The first-order chi connectivity index (χ1) is 6.40. The molecule has 0 aliphatic heterocycles. The van der Waals surface area contributed by atoms with Crippen molar-refractivity contribution in [3.05, 3.63) is 24.4 Å². The fourth-order valence-corrected chi connectivity index (χ4v) is 1.16. The minimum absolute atomic E-state index is 0.706. The van der Waals surface area contributed by atoms with Gasteiger partial charge in [0.15, 0.2) is 5.82 Å². The lowest BCUT2D eigenvalue weighted by atomic mass is 10.3. The van der Waals surface area contributed by atoms with E-state index >= 15 is 0 Å². The highest BCUT2D eigenvalue weighted by Crippen LogP contribution is 2.14. The summed E-state index contributed by atoms with van der Waals surface area (Å²) in [4.78, 5) is 4.32. The molecule has 2 heterocycles. The molecule has 0 amide bonds. The highest BCUT2D eigenvalue weighted by Gasteiger charge is 2.05. The molecule has 0 saturated heterocycles. The van der Waals surface area contributed by atoms with E-state index in [4.69, 9.17) is 4.42 Å². The second-order valence-electron chi connectivity index (χ2n) is 2.87. The van der Waals surface area contributed by atoms with Crippen molar-refractivity contribution in [1.29, 1.82) is 0 Å². The molecule has 0 radical (unpaired) electrons. The summed E-state index contributed by atoms with van der Waals surface area (Å²) in [5, 5.41) is 6.97. The van der Waals surface area contributed by atoms with Gasteiger partial charge in [-0.05, 0) is 12.5 Å². The van der Waals surface area contributed by atoms with E-state index in [0.717, 1.165) is 24.2 Å². The Kier molecular flexibility index (Phi) is 2.12. The topological polar surface area (TPSA) is 54.7 Å². The van der Waals surface area contributed by atoms with E-state index in [1.807, 2.05) is 6.07 Å². The monoisotopic (exact) mass is 177 g/mol. The number of aryl methyl sites for hydroxylation is 1. The number of hydrogen-bond acceptors (Lipinski definition) is 3. The molecule has 0 bridgehead atoms. The second kappa shape index (κ2) is 3.43. The molecule has 4 nitrogen and oxygen atoms in total. The van der Waals surface area contributed by atoms with E-state index in [1.165, 1.54) is 0 Å². The van der Waals surface area contributed by atoms with Crippen LogP contribution in [0.25, 0.3) is 11.4 Å². The first-order valence-corrected chi connectivity index (χ1v) is 4.34. The molecule has 0 aliphatic rings. The Labute approximate surface area is 76.0 Å². The minimum Gasteiger partial charge on any atom is -0.472 e. The molecular weight excluding hydrogens is 166 g/mol. The first kappa shape index (κ1) is 8.04. The minimum atomic E-state index is 0.706. The Balaban J connectivity index is 2.23. The van der Waals surface area contributed by atoms with E-state index in [9.17, 15) is 0 Å². The molecule has 0 atom stereocenters. The van der Waals surface area contributed by atoms with Crippen molar-refractivity contribution in [3.63, 3.8) is 0 Å². The zero-order valence-electron chi connectivity index (χ0n) is 7.45. The normalized spacial score (nSPS) is 10.5. The van der Waals surface area contributed by atoms with Gasteiger partial charge < -0.3 is 4.42 Å². The van der Waals surface area contributed by atoms with Crippen molar-refractivity contribution in [3.8, 4) is 11.4 Å². The maximum atomic E-state index is 4.94. The third-order valence-electron chi connectivity index (χ3n) is 1.80. The molecule has 0 aliphatic carbocycles. The molecule has 4 heteroatoms. The van der Waals surface area contributed by atoms with Crippen LogP contribution in [0, 0.1) is 0 Å². The van der Waals surface area contributed by atoms with Crippen LogP contribution in [0.2, 0.25) is 0 Å². The standard InChI is InChI=1S/C9H11N3O/c1-2-3-8-10-9(12-11-8)7-4-5-13-6-7/h4-6H,2-3H2,1H3,(H,10,11,12). The molecule has 68 valence electrons. The molecular formula is C9H11N3O. The summed E-state index contributed by atoms with van der Waals surface area (Å²) in [6.45, 7) is 2.11. The number of nitrogens with zero attached hydrogens (tertiary/aromatic N) is 2. The molecule has 0 unspecified atom stereocenters. The average Bonchev–Trinajstić information content (AvgIpc) is 2.70. The molecule has 0 aromatic carbocycles. The maximum Gasteiger partial charge on any atom is 0.184 e. The fraction of sp³-hybridized carbons (Fsp3) is 0.333. The van der Waals surface area contributed by atoms with E-state index in [1.54, 1.807) is 12.5 Å². The lowest BCUT2D eigenvalue weighted by Crippen LogP contribution is -1.84. The number of furan rings is 1. The van der Waals surface area contributed by atoms with E-state index in [2.05, 4.69) is 22.1 Å². The van der Waals surface area contributed by atoms with Crippen molar-refractivity contribution in [2.75, 3.05) is 0 Å². The quantitative estimate of drug-likeness (QED) is 0.780. The number of H-pyrrole nitrogens is 1. The van der Waals surface area contributed by atoms with Crippen LogP contribution in [-0.2, 0) is 6.42 Å². The summed E-state index contributed by atoms with van der Waals surface area (Å²) < 4.78 is 4.94. The van der Waals surface area contributed by atoms with Crippen LogP contribution in [0.5, 0.6) is 0 Å². The Morgan fingerprint density at radius 1 is 1.54 bits per heavy atom. The Bertz CT molecular complexity index is 364. The smallest absolute Gasteiger partial charge is 0.184 e. The van der Waals surface area contributed by atoms with Gasteiger partial charge >= 0.3 is 0 Å². The zero-order valence-corrected chi connectivity index (χ0v) is 7.45. The molecule has 0 fully saturated rings. The Morgan fingerprint density at radius 3 is 3.15 bits per heavy atom. The van der Waals surface area contributed by atoms with Crippen molar-refractivity contribution in [2.45, 2.75) is 19.8 Å². The first-order valence-electron chi connectivity index (χ1n) is 4.34. The molecule has 13 heavy (non-hydrogen) atoms. The summed E-state index contributed by atoms with van der Waals surface area (Å²) >= 11 is 0. The van der Waals surface area contributed by atoms with Gasteiger partial charge in [0.1, 0.15) is 12.1 Å². The van der Waals surface area contributed by atoms with Gasteiger partial charge in [0, 0.05) is 6.42 Å². The van der Waals surface area contributed by atoms with Crippen LogP contribution in [0.3, 0.4) is 0 Å². The van der Waals surface area contributed by atoms with Crippen LogP contribution in [0.1, 0.15) is 19.2 Å². The van der Waals surface area contributed by atoms with E-state index < -0.39 is 0 Å². The van der Waals surface area contributed by atoms with Gasteiger partial charge in [0.25, 0.3) is 0 Å². The van der Waals surface area contributed by atoms with Gasteiger partial charge in [-0.15, -0.1) is 0 Å². The van der Waals surface area contributed by atoms with Gasteiger partial charge in [-0.25, -0.2) is 4.98 Å². The number of nitrogens with one attached hydrogen (secondary N) is 1. The molecule has 2 rings (SSSR count). The third kappa shape index (κ3) is 1.61. The van der Waals surface area contributed by atoms with Crippen molar-refractivity contribution in [2.24, 2.45) is 0 Å². The van der Waals surface area contributed by atoms with Crippen LogP contribution < -0.4 is 0 Å². The predicted octanol–water partition coefficient (Wildman–Crippen LogP) is 2.02. The maximum absolute atomic E-state index is 4.94.